The van der Waals surface area contributed by atoms with E-state index in [4.69, 9.17) is 9.16 Å². The molecule has 166 valence electrons. The molecule has 0 spiro atoms. The molecular formula is C28H38O2Si. The van der Waals surface area contributed by atoms with Crippen LogP contribution in [0.15, 0.2) is 48.2 Å². The van der Waals surface area contributed by atoms with Crippen LogP contribution in [0.3, 0.4) is 0 Å². The molecule has 2 aromatic rings. The van der Waals surface area contributed by atoms with E-state index in [1.165, 1.54) is 48.4 Å². The van der Waals surface area contributed by atoms with Crippen molar-refractivity contribution in [2.24, 2.45) is 23.7 Å². The zero-order valence-corrected chi connectivity index (χ0v) is 20.9. The molecule has 2 aromatic carbocycles. The number of hydrogen-bond acceptors (Lipinski definition) is 2. The van der Waals surface area contributed by atoms with E-state index in [9.17, 15) is 0 Å². The molecule has 0 atom stereocenters. The molecule has 2 nitrogen and oxygen atoms in total. The largest absolute Gasteiger partial charge is 0.543 e. The Morgan fingerprint density at radius 3 is 2.13 bits per heavy atom. The highest BCUT2D eigenvalue weighted by atomic mass is 28.4. The van der Waals surface area contributed by atoms with Crippen LogP contribution in [0.25, 0.3) is 10.8 Å². The molecule has 0 N–H and O–H groups in total. The minimum Gasteiger partial charge on any atom is -0.543 e. The predicted molar refractivity (Wildman–Crippen MR) is 132 cm³/mol. The van der Waals surface area contributed by atoms with Crippen LogP contribution in [0.5, 0.6) is 5.75 Å². The standard InChI is InChI=1S/C28H38O2Si/c1-28(2,3)31(4,5)30-26-9-8-22-11-19(6-7-23(22)16-26)17-29-18-27-24-12-20-10-21(14-24)15-25(27)13-20/h6-9,11,16,18,20-21,24-25H,10,12-15,17H2,1-5H3. The third kappa shape index (κ3) is 4.18. The van der Waals surface area contributed by atoms with Crippen molar-refractivity contribution in [1.29, 1.82) is 0 Å². The molecule has 4 bridgehead atoms. The summed E-state index contributed by atoms with van der Waals surface area (Å²) in [5, 5.41) is 2.69. The van der Waals surface area contributed by atoms with Gasteiger partial charge in [-0.3, -0.25) is 0 Å². The molecule has 0 aliphatic heterocycles. The number of hydrogen-bond donors (Lipinski definition) is 0. The quantitative estimate of drug-likeness (QED) is 0.350. The molecule has 3 heteroatoms. The number of ether oxygens (including phenoxy) is 1. The number of benzene rings is 2. The maximum absolute atomic E-state index is 6.49. The SMILES string of the molecule is CC(C)(C)[Si](C)(C)Oc1ccc2cc(COC=C3C4CC5CC(C4)CC3C5)ccc2c1. The molecule has 0 aromatic heterocycles. The number of fused-ring (bicyclic) bond motifs is 1. The van der Waals surface area contributed by atoms with Crippen molar-refractivity contribution in [3.63, 3.8) is 0 Å². The second-order valence-corrected chi connectivity index (χ2v) is 16.7. The minimum absolute atomic E-state index is 0.203. The average Bonchev–Trinajstić information content (AvgIpc) is 2.68. The molecule has 6 rings (SSSR count). The van der Waals surface area contributed by atoms with E-state index in [0.717, 1.165) is 29.4 Å². The van der Waals surface area contributed by atoms with E-state index < -0.39 is 8.32 Å². The van der Waals surface area contributed by atoms with E-state index in [-0.39, 0.29) is 5.04 Å². The Balaban J connectivity index is 1.25. The predicted octanol–water partition coefficient (Wildman–Crippen LogP) is 8.08. The second kappa shape index (κ2) is 7.69. The van der Waals surface area contributed by atoms with Gasteiger partial charge in [0.15, 0.2) is 0 Å². The molecule has 0 radical (unpaired) electrons. The van der Waals surface area contributed by atoms with Gasteiger partial charge in [-0.1, -0.05) is 39.0 Å². The monoisotopic (exact) mass is 434 g/mol. The van der Waals surface area contributed by atoms with E-state index in [2.05, 4.69) is 76.5 Å². The van der Waals surface area contributed by atoms with Gasteiger partial charge in [0, 0.05) is 0 Å². The maximum Gasteiger partial charge on any atom is 0.250 e. The second-order valence-electron chi connectivity index (χ2n) is 11.9. The maximum atomic E-state index is 6.49. The van der Waals surface area contributed by atoms with Crippen LogP contribution in [-0.2, 0) is 11.3 Å². The summed E-state index contributed by atoms with van der Waals surface area (Å²) in [5.41, 5.74) is 2.87. The summed E-state index contributed by atoms with van der Waals surface area (Å²) in [4.78, 5) is 0. The van der Waals surface area contributed by atoms with E-state index >= 15 is 0 Å². The third-order valence-corrected chi connectivity index (χ3v) is 13.0. The highest BCUT2D eigenvalue weighted by Crippen LogP contribution is 2.56. The Hall–Kier alpha value is -1.74. The zero-order valence-electron chi connectivity index (χ0n) is 19.9. The van der Waals surface area contributed by atoms with Crippen molar-refractivity contribution < 1.29 is 9.16 Å². The molecule has 4 aliphatic rings. The molecule has 0 amide bonds. The highest BCUT2D eigenvalue weighted by molar-refractivity contribution is 6.74. The Morgan fingerprint density at radius 1 is 0.871 bits per heavy atom. The first-order valence-corrected chi connectivity index (χ1v) is 15.1. The summed E-state index contributed by atoms with van der Waals surface area (Å²) >= 11 is 0. The topological polar surface area (TPSA) is 18.5 Å². The Labute approximate surface area is 189 Å². The Kier molecular flexibility index (Phi) is 5.24. The highest BCUT2D eigenvalue weighted by Gasteiger charge is 2.45. The summed E-state index contributed by atoms with van der Waals surface area (Å²) in [6, 6.07) is 13.2. The Bertz CT molecular complexity index is 968. The fraction of sp³-hybridized carbons (Fsp3) is 0.571. The lowest BCUT2D eigenvalue weighted by Gasteiger charge is -2.51. The Morgan fingerprint density at radius 2 is 1.48 bits per heavy atom. The lowest BCUT2D eigenvalue weighted by atomic mass is 9.54. The van der Waals surface area contributed by atoms with E-state index in [0.29, 0.717) is 6.61 Å². The van der Waals surface area contributed by atoms with E-state index in [1.807, 2.05) is 0 Å². The van der Waals surface area contributed by atoms with Crippen molar-refractivity contribution in [2.45, 2.75) is 77.6 Å². The summed E-state index contributed by atoms with van der Waals surface area (Å²) in [6.45, 7) is 12.1. The van der Waals surface area contributed by atoms with Crippen LogP contribution in [0.4, 0.5) is 0 Å². The molecule has 0 unspecified atom stereocenters. The normalized spacial score (nSPS) is 27.6. The van der Waals surface area contributed by atoms with Crippen LogP contribution in [0, 0.1) is 23.7 Å². The molecule has 31 heavy (non-hydrogen) atoms. The molecular weight excluding hydrogens is 396 g/mol. The fourth-order valence-electron chi connectivity index (χ4n) is 6.03. The first-order valence-electron chi connectivity index (χ1n) is 12.2. The van der Waals surface area contributed by atoms with Gasteiger partial charge in [0.05, 0.1) is 6.26 Å². The summed E-state index contributed by atoms with van der Waals surface area (Å²) in [6.07, 6.45) is 9.30. The van der Waals surface area contributed by atoms with Crippen LogP contribution in [0.1, 0.15) is 58.4 Å². The molecule has 4 fully saturated rings. The van der Waals surface area contributed by atoms with Crippen molar-refractivity contribution >= 4 is 19.1 Å². The van der Waals surface area contributed by atoms with Gasteiger partial charge >= 0.3 is 0 Å². The van der Waals surface area contributed by atoms with Gasteiger partial charge in [-0.05, 0) is 114 Å². The number of rotatable bonds is 5. The first kappa shape index (κ1) is 21.1. The molecule has 4 aliphatic carbocycles. The lowest BCUT2D eigenvalue weighted by molar-refractivity contribution is 0.0632. The van der Waals surface area contributed by atoms with Gasteiger partial charge in [0.2, 0.25) is 8.32 Å². The first-order chi connectivity index (χ1) is 14.7. The van der Waals surface area contributed by atoms with Gasteiger partial charge in [-0.25, -0.2) is 0 Å². The molecule has 4 saturated carbocycles. The lowest BCUT2D eigenvalue weighted by Crippen LogP contribution is -2.43. The van der Waals surface area contributed by atoms with Gasteiger partial charge in [-0.2, -0.15) is 0 Å². The minimum atomic E-state index is -1.82. The fourth-order valence-corrected chi connectivity index (χ4v) is 7.05. The van der Waals surface area contributed by atoms with Crippen molar-refractivity contribution in [1.82, 2.24) is 0 Å². The van der Waals surface area contributed by atoms with Gasteiger partial charge in [0.1, 0.15) is 12.4 Å². The summed E-state index contributed by atoms with van der Waals surface area (Å²) in [7, 11) is -1.82. The van der Waals surface area contributed by atoms with Crippen molar-refractivity contribution in [3.8, 4) is 5.75 Å². The van der Waals surface area contributed by atoms with Crippen molar-refractivity contribution in [2.75, 3.05) is 0 Å². The summed E-state index contributed by atoms with van der Waals surface area (Å²) < 4.78 is 12.6. The molecule has 0 saturated heterocycles. The van der Waals surface area contributed by atoms with Crippen molar-refractivity contribution in [3.05, 3.63) is 53.8 Å². The van der Waals surface area contributed by atoms with Gasteiger partial charge in [-0.15, -0.1) is 0 Å². The van der Waals surface area contributed by atoms with Gasteiger partial charge < -0.3 is 9.16 Å². The zero-order chi connectivity index (χ0) is 21.8. The van der Waals surface area contributed by atoms with E-state index in [1.54, 1.807) is 5.57 Å². The summed E-state index contributed by atoms with van der Waals surface area (Å²) in [5.74, 6) is 4.63. The average molecular weight is 435 g/mol. The van der Waals surface area contributed by atoms with Crippen LogP contribution in [0.2, 0.25) is 18.1 Å². The van der Waals surface area contributed by atoms with Crippen LogP contribution >= 0.6 is 0 Å². The molecule has 0 heterocycles. The van der Waals surface area contributed by atoms with Crippen LogP contribution < -0.4 is 4.43 Å². The smallest absolute Gasteiger partial charge is 0.250 e. The number of allylic oxidation sites excluding steroid dienone is 1. The third-order valence-electron chi connectivity index (χ3n) is 8.61. The van der Waals surface area contributed by atoms with Gasteiger partial charge in [0.25, 0.3) is 0 Å². The van der Waals surface area contributed by atoms with Crippen LogP contribution in [-0.4, -0.2) is 8.32 Å².